The Labute approximate surface area is 293 Å². The molecule has 2 N–H and O–H groups in total. The zero-order chi connectivity index (χ0) is 35.2. The number of carbonyl (C=O) groups excluding carboxylic acids is 1. The number of nitrogens with zero attached hydrogens (tertiary/aromatic N) is 3. The van der Waals surface area contributed by atoms with Gasteiger partial charge in [0.25, 0.3) is 15.9 Å². The molecule has 14 heteroatoms. The van der Waals surface area contributed by atoms with Crippen LogP contribution in [-0.4, -0.2) is 86.0 Å². The third-order valence-corrected chi connectivity index (χ3v) is 10.8. The van der Waals surface area contributed by atoms with E-state index in [0.29, 0.717) is 35.5 Å². The van der Waals surface area contributed by atoms with Crippen molar-refractivity contribution in [2.24, 2.45) is 5.92 Å². The number of aromatic nitrogens is 1. The van der Waals surface area contributed by atoms with Crippen molar-refractivity contribution in [1.29, 1.82) is 0 Å². The van der Waals surface area contributed by atoms with E-state index in [4.69, 9.17) is 37.2 Å². The molecule has 1 aromatic heterocycles. The number of amides is 1. The molecule has 0 saturated carbocycles. The molecule has 1 aliphatic heterocycles. The molecular formula is C34H46Cl2N4O7S. The summed E-state index contributed by atoms with van der Waals surface area (Å²) in [5.74, 6) is -0.0414. The van der Waals surface area contributed by atoms with Crippen LogP contribution in [0.2, 0.25) is 10.0 Å². The number of ether oxygens (including phenoxy) is 2. The lowest BCUT2D eigenvalue weighted by atomic mass is 10.0. The van der Waals surface area contributed by atoms with Gasteiger partial charge in [-0.05, 0) is 89.9 Å². The summed E-state index contributed by atoms with van der Waals surface area (Å²) in [5, 5.41) is 15.0. The van der Waals surface area contributed by atoms with Gasteiger partial charge in [-0.2, -0.15) is 0 Å². The Kier molecular flexibility index (Phi) is 13.2. The fraction of sp³-hybridized carbons (Fsp3) is 0.529. The van der Waals surface area contributed by atoms with Crippen molar-refractivity contribution in [3.63, 3.8) is 0 Å². The smallest absolute Gasteiger partial charge is 0.267 e. The molecule has 0 unspecified atom stereocenters. The Bertz CT molecular complexity index is 1650. The Hall–Kier alpha value is -2.87. The number of carbonyl (C=O) groups is 1. The van der Waals surface area contributed by atoms with Gasteiger partial charge in [0.1, 0.15) is 11.4 Å². The number of hydrogen-bond donors (Lipinski definition) is 2. The zero-order valence-corrected chi connectivity index (χ0v) is 30.7. The van der Waals surface area contributed by atoms with Gasteiger partial charge in [0.2, 0.25) is 0 Å². The summed E-state index contributed by atoms with van der Waals surface area (Å²) < 4.78 is 47.0. The van der Waals surface area contributed by atoms with Gasteiger partial charge < -0.3 is 24.0 Å². The first-order valence-corrected chi connectivity index (χ1v) is 18.4. The number of aliphatic hydroxyl groups is 1. The van der Waals surface area contributed by atoms with Crippen molar-refractivity contribution < 1.29 is 32.3 Å². The number of aryl methyl sites for hydroxylation is 2. The molecule has 1 amide bonds. The molecule has 0 radical (unpaired) electrons. The number of nitrogens with one attached hydrogen (secondary N) is 1. The first-order chi connectivity index (χ1) is 22.7. The van der Waals surface area contributed by atoms with Gasteiger partial charge in [0.05, 0.1) is 40.5 Å². The van der Waals surface area contributed by atoms with Crippen molar-refractivity contribution in [3.05, 3.63) is 69.0 Å². The van der Waals surface area contributed by atoms with E-state index >= 15 is 0 Å². The van der Waals surface area contributed by atoms with Gasteiger partial charge in [0, 0.05) is 37.8 Å². The fourth-order valence-corrected chi connectivity index (χ4v) is 7.54. The van der Waals surface area contributed by atoms with E-state index in [1.165, 1.54) is 13.0 Å². The van der Waals surface area contributed by atoms with E-state index in [2.05, 4.69) is 14.8 Å². The lowest BCUT2D eigenvalue weighted by Gasteiger charge is -2.36. The number of rotatable bonds is 9. The second kappa shape index (κ2) is 16.7. The minimum atomic E-state index is -4.07. The van der Waals surface area contributed by atoms with Gasteiger partial charge in [0.15, 0.2) is 10.7 Å². The quantitative estimate of drug-likeness (QED) is 0.260. The predicted molar refractivity (Wildman–Crippen MR) is 186 cm³/mol. The molecule has 48 heavy (non-hydrogen) atoms. The Morgan fingerprint density at radius 2 is 1.88 bits per heavy atom. The molecule has 2 aromatic carbocycles. The first kappa shape index (κ1) is 37.9. The number of fused-ring (bicyclic) bond motifs is 1. The fourth-order valence-electron chi connectivity index (χ4n) is 5.83. The molecule has 0 bridgehead atoms. The van der Waals surface area contributed by atoms with Crippen molar-refractivity contribution in [1.82, 2.24) is 15.0 Å². The van der Waals surface area contributed by atoms with Gasteiger partial charge in [-0.15, -0.1) is 0 Å². The highest BCUT2D eigenvalue weighted by Gasteiger charge is 2.31. The number of halogens is 2. The molecule has 4 atom stereocenters. The molecule has 0 saturated heterocycles. The van der Waals surface area contributed by atoms with E-state index in [1.54, 1.807) is 36.9 Å². The number of benzene rings is 2. The molecule has 4 rings (SSSR count). The maximum atomic E-state index is 14.4. The van der Waals surface area contributed by atoms with Crippen LogP contribution >= 0.6 is 23.2 Å². The molecule has 2 heterocycles. The van der Waals surface area contributed by atoms with Crippen molar-refractivity contribution in [2.45, 2.75) is 83.6 Å². The second-order valence-electron chi connectivity index (χ2n) is 12.7. The minimum absolute atomic E-state index is 0.0571. The van der Waals surface area contributed by atoms with Crippen LogP contribution in [0.25, 0.3) is 0 Å². The lowest BCUT2D eigenvalue weighted by Crippen LogP contribution is -2.47. The van der Waals surface area contributed by atoms with Crippen LogP contribution < -0.4 is 9.46 Å². The second-order valence-corrected chi connectivity index (χ2v) is 15.1. The van der Waals surface area contributed by atoms with Crippen LogP contribution in [0.15, 0.2) is 45.8 Å². The van der Waals surface area contributed by atoms with Gasteiger partial charge in [-0.3, -0.25) is 14.4 Å². The summed E-state index contributed by atoms with van der Waals surface area (Å²) in [6.07, 6.45) is 1.96. The predicted octanol–water partition coefficient (Wildman–Crippen LogP) is 6.33. The summed E-state index contributed by atoms with van der Waals surface area (Å²) in [5.41, 5.74) is 1.59. The molecular weight excluding hydrogens is 679 g/mol. The van der Waals surface area contributed by atoms with Crippen molar-refractivity contribution >= 4 is 44.8 Å². The minimum Gasteiger partial charge on any atom is -0.490 e. The van der Waals surface area contributed by atoms with Crippen LogP contribution in [0.5, 0.6) is 5.75 Å². The topological polar surface area (TPSA) is 134 Å². The van der Waals surface area contributed by atoms with Crippen LogP contribution in [-0.2, 0) is 21.3 Å². The summed E-state index contributed by atoms with van der Waals surface area (Å²) >= 11 is 12.4. The van der Waals surface area contributed by atoms with E-state index in [9.17, 15) is 18.3 Å². The number of likely N-dealkylation sites (N-methyl/N-ethyl adjacent to an activating group) is 1. The Morgan fingerprint density at radius 1 is 1.12 bits per heavy atom. The molecule has 0 aliphatic carbocycles. The standard InChI is InChI=1S/C34H46Cl2N4O7S/c1-21-17-40(22(2)20-41)34(42)28-16-27(38-48(43,44)33-24(4)37-47-25(33)5)11-13-31(28)46-23(3)9-7-8-14-45-32(21)19-39(6)18-26-10-12-29(35)30(36)15-26/h10-13,15-16,21-23,32,38,41H,7-9,14,17-20H2,1-6H3/t21-,22-,23-,32+/m0/s1. The number of sulfonamides is 1. The highest BCUT2D eigenvalue weighted by atomic mass is 35.5. The number of anilines is 1. The lowest BCUT2D eigenvalue weighted by molar-refractivity contribution is -0.0177. The molecule has 0 fully saturated rings. The van der Waals surface area contributed by atoms with Crippen molar-refractivity contribution in [2.75, 3.05) is 38.1 Å². The normalized spacial score (nSPS) is 20.6. The average Bonchev–Trinajstić information content (AvgIpc) is 3.38. The summed E-state index contributed by atoms with van der Waals surface area (Å²) in [7, 11) is -2.07. The molecule has 11 nitrogen and oxygen atoms in total. The maximum absolute atomic E-state index is 14.4. The van der Waals surface area contributed by atoms with Crippen LogP contribution in [0, 0.1) is 19.8 Å². The molecule has 0 spiro atoms. The van der Waals surface area contributed by atoms with Crippen LogP contribution in [0.3, 0.4) is 0 Å². The summed E-state index contributed by atoms with van der Waals surface area (Å²) in [4.78, 5) is 18.1. The monoisotopic (exact) mass is 724 g/mol. The highest BCUT2D eigenvalue weighted by Crippen LogP contribution is 2.31. The highest BCUT2D eigenvalue weighted by molar-refractivity contribution is 7.92. The Morgan fingerprint density at radius 3 is 2.54 bits per heavy atom. The average molecular weight is 726 g/mol. The van der Waals surface area contributed by atoms with Crippen molar-refractivity contribution in [3.8, 4) is 5.75 Å². The molecule has 3 aromatic rings. The molecule has 1 aliphatic rings. The van der Waals surface area contributed by atoms with Gasteiger partial charge in [-0.1, -0.05) is 41.3 Å². The van der Waals surface area contributed by atoms with E-state index in [-0.39, 0.29) is 58.9 Å². The maximum Gasteiger partial charge on any atom is 0.267 e. The number of aliphatic hydroxyl groups excluding tert-OH is 1. The number of hydrogen-bond acceptors (Lipinski definition) is 9. The third kappa shape index (κ3) is 9.64. The zero-order valence-electron chi connectivity index (χ0n) is 28.3. The summed E-state index contributed by atoms with van der Waals surface area (Å²) in [6, 6.07) is 9.68. The van der Waals surface area contributed by atoms with Crippen LogP contribution in [0.4, 0.5) is 5.69 Å². The molecule has 264 valence electrons. The largest absolute Gasteiger partial charge is 0.490 e. The van der Waals surface area contributed by atoms with Crippen LogP contribution in [0.1, 0.15) is 67.4 Å². The first-order valence-electron chi connectivity index (χ1n) is 16.1. The SMILES string of the molecule is Cc1noc(C)c1S(=O)(=O)Nc1ccc2c(c1)C(=O)N([C@@H](C)CO)C[C@H](C)[C@@H](CN(C)Cc1ccc(Cl)c(Cl)c1)OCCCC[C@H](C)O2. The van der Waals surface area contributed by atoms with E-state index < -0.39 is 22.0 Å². The van der Waals surface area contributed by atoms with Gasteiger partial charge >= 0.3 is 0 Å². The summed E-state index contributed by atoms with van der Waals surface area (Å²) in [6.45, 7) is 10.6. The van der Waals surface area contributed by atoms with E-state index in [1.807, 2.05) is 33.0 Å². The third-order valence-electron chi connectivity index (χ3n) is 8.47. The Balaban J connectivity index is 1.65. The van der Waals surface area contributed by atoms with E-state index in [0.717, 1.165) is 24.8 Å². The van der Waals surface area contributed by atoms with Gasteiger partial charge in [-0.25, -0.2) is 8.42 Å².